The lowest BCUT2D eigenvalue weighted by Crippen LogP contribution is -2.19. The number of rotatable bonds is 5. The van der Waals surface area contributed by atoms with Gasteiger partial charge in [-0.25, -0.2) is 13.8 Å². The molecule has 0 saturated carbocycles. The first-order valence-electron chi connectivity index (χ1n) is 11.5. The number of hydrogen-bond donors (Lipinski definition) is 1. The molecule has 1 aliphatic heterocycles. The Bertz CT molecular complexity index is 1540. The number of nitrogens with zero attached hydrogens (tertiary/aromatic N) is 3. The highest BCUT2D eigenvalue weighted by Crippen LogP contribution is 2.35. The third-order valence-electron chi connectivity index (χ3n) is 5.97. The number of benzene rings is 3. The summed E-state index contributed by atoms with van der Waals surface area (Å²) in [5.74, 6) is -6.41. The van der Waals surface area contributed by atoms with E-state index >= 15 is 4.39 Å². The lowest BCUT2D eigenvalue weighted by atomic mass is 10.1. The van der Waals surface area contributed by atoms with Gasteiger partial charge in [-0.15, -0.1) is 0 Å². The summed E-state index contributed by atoms with van der Waals surface area (Å²) >= 11 is 0. The van der Waals surface area contributed by atoms with Crippen LogP contribution in [0, 0.1) is 17.5 Å². The zero-order chi connectivity index (χ0) is 27.0. The number of hydrogen-bond acceptors (Lipinski definition) is 5. The molecule has 1 saturated heterocycles. The van der Waals surface area contributed by atoms with Crippen molar-refractivity contribution in [2.45, 2.75) is 19.0 Å². The van der Waals surface area contributed by atoms with Gasteiger partial charge in [0.25, 0.3) is 5.91 Å². The van der Waals surface area contributed by atoms with Crippen molar-refractivity contribution in [3.8, 4) is 11.5 Å². The van der Waals surface area contributed by atoms with Gasteiger partial charge in [0.2, 0.25) is 11.6 Å². The fourth-order valence-electron chi connectivity index (χ4n) is 4.05. The maximum atomic E-state index is 15.2. The Morgan fingerprint density at radius 1 is 0.947 bits per heavy atom. The molecule has 196 valence electrons. The highest BCUT2D eigenvalue weighted by Gasteiger charge is 2.31. The predicted molar refractivity (Wildman–Crippen MR) is 127 cm³/mol. The third kappa shape index (κ3) is 5.06. The molecule has 1 fully saturated rings. The van der Waals surface area contributed by atoms with Gasteiger partial charge >= 0.3 is 6.18 Å². The summed E-state index contributed by atoms with van der Waals surface area (Å²) in [6, 6.07) is 7.98. The van der Waals surface area contributed by atoms with Crippen LogP contribution in [0.3, 0.4) is 0 Å². The number of ether oxygens (including phenoxy) is 1. The van der Waals surface area contributed by atoms with Crippen LogP contribution >= 0.6 is 0 Å². The van der Waals surface area contributed by atoms with E-state index < -0.39 is 52.1 Å². The number of carbonyl (C=O) groups is 1. The van der Waals surface area contributed by atoms with Crippen LogP contribution in [-0.4, -0.2) is 29.0 Å². The molecule has 5 rings (SSSR count). The van der Waals surface area contributed by atoms with E-state index in [1.54, 1.807) is 6.20 Å². The normalized spacial score (nSPS) is 13.7. The lowest BCUT2D eigenvalue weighted by molar-refractivity contribution is -0.137. The van der Waals surface area contributed by atoms with Crippen molar-refractivity contribution in [1.29, 1.82) is 0 Å². The summed E-state index contributed by atoms with van der Waals surface area (Å²) in [5.41, 5.74) is -1.52. The standard InChI is InChI=1S/C26H18F6N4O2/c27-17-12-20(35-25(37)14-4-3-5-15(10-14)26(30,31)32)23(29)24(22(17)28)38-16-6-7-18-19(11-16)34-21(13-33-18)36-8-1-2-9-36/h3-7,10-13H,1-2,8-9H2,(H,35,37). The van der Waals surface area contributed by atoms with E-state index in [9.17, 15) is 26.7 Å². The van der Waals surface area contributed by atoms with E-state index in [1.165, 1.54) is 18.2 Å². The van der Waals surface area contributed by atoms with E-state index in [0.29, 0.717) is 29.0 Å². The average molecular weight is 532 g/mol. The fourth-order valence-corrected chi connectivity index (χ4v) is 4.05. The lowest BCUT2D eigenvalue weighted by Gasteiger charge is -2.16. The molecule has 0 bridgehead atoms. The van der Waals surface area contributed by atoms with E-state index in [2.05, 4.69) is 9.97 Å². The first-order valence-corrected chi connectivity index (χ1v) is 11.5. The molecule has 3 aromatic carbocycles. The molecule has 1 amide bonds. The summed E-state index contributed by atoms with van der Waals surface area (Å²) in [5, 5.41) is 1.97. The number of amides is 1. The minimum absolute atomic E-state index is 0.0797. The van der Waals surface area contributed by atoms with Gasteiger partial charge in [-0.1, -0.05) is 6.07 Å². The smallest absolute Gasteiger partial charge is 0.416 e. The molecule has 0 atom stereocenters. The van der Waals surface area contributed by atoms with Gasteiger partial charge in [-0.05, 0) is 43.2 Å². The van der Waals surface area contributed by atoms with E-state index in [1.807, 2.05) is 10.2 Å². The number of nitrogens with one attached hydrogen (secondary N) is 1. The van der Waals surface area contributed by atoms with Crippen LogP contribution in [0.15, 0.2) is 54.7 Å². The van der Waals surface area contributed by atoms with Crippen molar-refractivity contribution in [2.24, 2.45) is 0 Å². The number of carbonyl (C=O) groups excluding carboxylic acids is 1. The third-order valence-corrected chi connectivity index (χ3v) is 5.97. The zero-order valence-electron chi connectivity index (χ0n) is 19.5. The molecule has 0 unspecified atom stereocenters. The van der Waals surface area contributed by atoms with Gasteiger partial charge < -0.3 is 15.0 Å². The number of halogens is 6. The van der Waals surface area contributed by atoms with Gasteiger partial charge in [0, 0.05) is 30.8 Å². The van der Waals surface area contributed by atoms with Crippen LogP contribution in [0.1, 0.15) is 28.8 Å². The van der Waals surface area contributed by atoms with Crippen molar-refractivity contribution in [1.82, 2.24) is 9.97 Å². The van der Waals surface area contributed by atoms with Gasteiger partial charge in [-0.2, -0.15) is 17.6 Å². The molecule has 1 N–H and O–H groups in total. The van der Waals surface area contributed by atoms with Crippen LogP contribution in [0.5, 0.6) is 11.5 Å². The Hall–Kier alpha value is -4.35. The first kappa shape index (κ1) is 25.3. The van der Waals surface area contributed by atoms with Crippen molar-refractivity contribution < 1.29 is 35.9 Å². The van der Waals surface area contributed by atoms with Crippen molar-refractivity contribution >= 4 is 28.4 Å². The summed E-state index contributed by atoms with van der Waals surface area (Å²) in [4.78, 5) is 23.4. The molecular weight excluding hydrogens is 514 g/mol. The minimum Gasteiger partial charge on any atom is -0.451 e. The first-order chi connectivity index (χ1) is 18.1. The second-order valence-electron chi connectivity index (χ2n) is 8.57. The average Bonchev–Trinajstić information content (AvgIpc) is 3.44. The predicted octanol–water partition coefficient (Wildman–Crippen LogP) is 6.71. The van der Waals surface area contributed by atoms with Crippen LogP contribution in [0.4, 0.5) is 37.8 Å². The van der Waals surface area contributed by atoms with E-state index in [-0.39, 0.29) is 5.75 Å². The second-order valence-corrected chi connectivity index (χ2v) is 8.57. The van der Waals surface area contributed by atoms with Crippen molar-refractivity contribution in [3.05, 3.63) is 83.3 Å². The summed E-state index contributed by atoms with van der Waals surface area (Å²) in [7, 11) is 0. The van der Waals surface area contributed by atoms with Crippen molar-refractivity contribution in [2.75, 3.05) is 23.3 Å². The summed E-state index contributed by atoms with van der Waals surface area (Å²) in [6.45, 7) is 1.65. The Labute approximate surface area is 211 Å². The number of aromatic nitrogens is 2. The second kappa shape index (κ2) is 9.84. The molecule has 2 heterocycles. The molecule has 6 nitrogen and oxygen atoms in total. The van der Waals surface area contributed by atoms with Crippen LogP contribution < -0.4 is 15.0 Å². The van der Waals surface area contributed by atoms with Crippen LogP contribution in [-0.2, 0) is 6.18 Å². The van der Waals surface area contributed by atoms with E-state index in [0.717, 1.165) is 44.1 Å². The maximum absolute atomic E-state index is 15.2. The Kier molecular flexibility index (Phi) is 6.55. The molecular formula is C26H18F6N4O2. The number of fused-ring (bicyclic) bond motifs is 1. The topological polar surface area (TPSA) is 67.3 Å². The summed E-state index contributed by atoms with van der Waals surface area (Å²) in [6.07, 6.45) is -1.05. The maximum Gasteiger partial charge on any atom is 0.416 e. The van der Waals surface area contributed by atoms with Gasteiger partial charge in [0.1, 0.15) is 11.6 Å². The number of alkyl halides is 3. The SMILES string of the molecule is O=C(Nc1cc(F)c(F)c(Oc2ccc3ncc(N4CCCC4)nc3c2)c1F)c1cccc(C(F)(F)F)c1. The van der Waals surface area contributed by atoms with Crippen LogP contribution in [0.25, 0.3) is 11.0 Å². The molecule has 0 spiro atoms. The zero-order valence-corrected chi connectivity index (χ0v) is 19.5. The highest BCUT2D eigenvalue weighted by atomic mass is 19.4. The van der Waals surface area contributed by atoms with Gasteiger partial charge in [0.15, 0.2) is 11.6 Å². The largest absolute Gasteiger partial charge is 0.451 e. The van der Waals surface area contributed by atoms with Crippen molar-refractivity contribution in [3.63, 3.8) is 0 Å². The monoisotopic (exact) mass is 532 g/mol. The minimum atomic E-state index is -4.72. The molecule has 4 aromatic rings. The fraction of sp³-hybridized carbons (Fsp3) is 0.192. The Morgan fingerprint density at radius 3 is 2.45 bits per heavy atom. The molecule has 0 aliphatic carbocycles. The molecule has 1 aromatic heterocycles. The quantitative estimate of drug-likeness (QED) is 0.229. The Morgan fingerprint density at radius 2 is 1.71 bits per heavy atom. The molecule has 1 aliphatic rings. The Balaban J connectivity index is 1.43. The number of anilines is 2. The van der Waals surface area contributed by atoms with Gasteiger partial charge in [0.05, 0.1) is 28.5 Å². The summed E-state index contributed by atoms with van der Waals surface area (Å²) < 4.78 is 88.2. The molecule has 0 radical (unpaired) electrons. The van der Waals surface area contributed by atoms with E-state index in [4.69, 9.17) is 4.74 Å². The molecule has 12 heteroatoms. The van der Waals surface area contributed by atoms with Crippen LogP contribution in [0.2, 0.25) is 0 Å². The van der Waals surface area contributed by atoms with Gasteiger partial charge in [-0.3, -0.25) is 9.78 Å². The highest BCUT2D eigenvalue weighted by molar-refractivity contribution is 6.04. The molecule has 38 heavy (non-hydrogen) atoms.